The summed E-state index contributed by atoms with van der Waals surface area (Å²) in [6, 6.07) is 2.35. The highest BCUT2D eigenvalue weighted by Crippen LogP contribution is 2.26. The first-order valence-corrected chi connectivity index (χ1v) is 7.96. The van der Waals surface area contributed by atoms with Crippen molar-refractivity contribution in [3.63, 3.8) is 0 Å². The van der Waals surface area contributed by atoms with Crippen LogP contribution in [0.2, 0.25) is 0 Å². The average Bonchev–Trinajstić information content (AvgIpc) is 2.96. The number of hydrogen-bond acceptors (Lipinski definition) is 3. The quantitative estimate of drug-likeness (QED) is 0.858. The van der Waals surface area contributed by atoms with E-state index in [4.69, 9.17) is 0 Å². The second-order valence-electron chi connectivity index (χ2n) is 6.22. The molecule has 1 aromatic rings. The summed E-state index contributed by atoms with van der Waals surface area (Å²) in [4.78, 5) is 25.4. The molecule has 2 rings (SSSR count). The zero-order valence-corrected chi connectivity index (χ0v) is 13.8. The minimum Gasteiger partial charge on any atom is -0.393 e. The standard InChI is InChI=1S/C17H22F2N2O3/c1-10(22)12-6-7-21(9-12)16(24)8-15(20-11(2)23)17-13(18)4-3-5-14(17)19/h3-5,10,12,15,22H,6-9H2,1-2H3,(H,20,23). The molecule has 1 aliphatic rings. The van der Waals surface area contributed by atoms with Gasteiger partial charge in [-0.25, -0.2) is 8.78 Å². The first kappa shape index (κ1) is 18.3. The van der Waals surface area contributed by atoms with E-state index in [1.54, 1.807) is 11.8 Å². The largest absolute Gasteiger partial charge is 0.393 e. The minimum absolute atomic E-state index is 0.00152. The summed E-state index contributed by atoms with van der Waals surface area (Å²) in [6.45, 7) is 3.80. The zero-order chi connectivity index (χ0) is 17.9. The average molecular weight is 340 g/mol. The lowest BCUT2D eigenvalue weighted by molar-refractivity contribution is -0.131. The van der Waals surface area contributed by atoms with Crippen molar-refractivity contribution in [2.45, 2.75) is 38.8 Å². The smallest absolute Gasteiger partial charge is 0.225 e. The van der Waals surface area contributed by atoms with Crippen LogP contribution in [0.15, 0.2) is 18.2 Å². The number of carbonyl (C=O) groups is 2. The van der Waals surface area contributed by atoms with Crippen LogP contribution in [-0.4, -0.2) is 41.0 Å². The van der Waals surface area contributed by atoms with E-state index in [9.17, 15) is 23.5 Å². The number of hydrogen-bond donors (Lipinski definition) is 2. The minimum atomic E-state index is -1.07. The monoisotopic (exact) mass is 340 g/mol. The van der Waals surface area contributed by atoms with Crippen LogP contribution in [0.5, 0.6) is 0 Å². The van der Waals surface area contributed by atoms with Crippen LogP contribution in [0.3, 0.4) is 0 Å². The van der Waals surface area contributed by atoms with Crippen molar-refractivity contribution in [2.24, 2.45) is 5.92 Å². The van der Waals surface area contributed by atoms with Gasteiger partial charge in [0.05, 0.1) is 18.6 Å². The third-order valence-electron chi connectivity index (χ3n) is 4.36. The molecule has 1 aliphatic heterocycles. The topological polar surface area (TPSA) is 69.6 Å². The molecule has 0 radical (unpaired) electrons. The van der Waals surface area contributed by atoms with Crippen LogP contribution in [0.1, 0.15) is 38.3 Å². The maximum atomic E-state index is 14.0. The van der Waals surface area contributed by atoms with Crippen LogP contribution in [0.25, 0.3) is 0 Å². The van der Waals surface area contributed by atoms with Crippen molar-refractivity contribution in [3.8, 4) is 0 Å². The Morgan fingerprint density at radius 1 is 1.38 bits per heavy atom. The fraction of sp³-hybridized carbons (Fsp3) is 0.529. The molecule has 24 heavy (non-hydrogen) atoms. The molecular weight excluding hydrogens is 318 g/mol. The van der Waals surface area contributed by atoms with Gasteiger partial charge in [-0.3, -0.25) is 9.59 Å². The van der Waals surface area contributed by atoms with Gasteiger partial charge in [0, 0.05) is 31.5 Å². The molecule has 0 saturated carbocycles. The van der Waals surface area contributed by atoms with E-state index in [1.807, 2.05) is 0 Å². The number of carbonyl (C=O) groups excluding carboxylic acids is 2. The van der Waals surface area contributed by atoms with Gasteiger partial charge in [-0.05, 0) is 25.5 Å². The van der Waals surface area contributed by atoms with Gasteiger partial charge in [0.2, 0.25) is 11.8 Å². The van der Waals surface area contributed by atoms with Gasteiger partial charge in [0.1, 0.15) is 11.6 Å². The Labute approximate surface area is 139 Å². The molecule has 1 saturated heterocycles. The lowest BCUT2D eigenvalue weighted by Crippen LogP contribution is -2.36. The highest BCUT2D eigenvalue weighted by atomic mass is 19.1. The number of aliphatic hydroxyl groups excluding tert-OH is 1. The number of aliphatic hydroxyl groups is 1. The van der Waals surface area contributed by atoms with E-state index in [2.05, 4.69) is 5.32 Å². The van der Waals surface area contributed by atoms with Gasteiger partial charge in [-0.15, -0.1) is 0 Å². The van der Waals surface area contributed by atoms with E-state index >= 15 is 0 Å². The molecule has 2 amide bonds. The predicted molar refractivity (Wildman–Crippen MR) is 83.9 cm³/mol. The molecule has 1 fully saturated rings. The fourth-order valence-electron chi connectivity index (χ4n) is 3.03. The molecule has 5 nitrogen and oxygen atoms in total. The zero-order valence-electron chi connectivity index (χ0n) is 13.8. The molecule has 1 aromatic carbocycles. The Bertz CT molecular complexity index is 602. The van der Waals surface area contributed by atoms with Gasteiger partial charge < -0.3 is 15.3 Å². The number of nitrogens with one attached hydrogen (secondary N) is 1. The Morgan fingerprint density at radius 3 is 2.50 bits per heavy atom. The maximum absolute atomic E-state index is 14.0. The number of rotatable bonds is 5. The second-order valence-corrected chi connectivity index (χ2v) is 6.22. The number of nitrogens with zero attached hydrogens (tertiary/aromatic N) is 1. The molecule has 132 valence electrons. The summed E-state index contributed by atoms with van der Waals surface area (Å²) in [6.07, 6.45) is -0.0652. The summed E-state index contributed by atoms with van der Waals surface area (Å²) in [7, 11) is 0. The first-order chi connectivity index (χ1) is 11.3. The highest BCUT2D eigenvalue weighted by Gasteiger charge is 2.31. The lowest BCUT2D eigenvalue weighted by Gasteiger charge is -2.23. The Balaban J connectivity index is 2.15. The summed E-state index contributed by atoms with van der Waals surface area (Å²) in [5.74, 6) is -2.38. The van der Waals surface area contributed by atoms with E-state index in [0.29, 0.717) is 19.5 Å². The molecular formula is C17H22F2N2O3. The number of likely N-dealkylation sites (tertiary alicyclic amines) is 1. The molecule has 2 N–H and O–H groups in total. The van der Waals surface area contributed by atoms with Crippen LogP contribution >= 0.6 is 0 Å². The highest BCUT2D eigenvalue weighted by molar-refractivity contribution is 5.79. The van der Waals surface area contributed by atoms with E-state index in [-0.39, 0.29) is 23.8 Å². The summed E-state index contributed by atoms with van der Waals surface area (Å²) in [5.41, 5.74) is -0.313. The van der Waals surface area contributed by atoms with Crippen molar-refractivity contribution in [1.82, 2.24) is 10.2 Å². The summed E-state index contributed by atoms with van der Waals surface area (Å²) >= 11 is 0. The molecule has 0 spiro atoms. The van der Waals surface area contributed by atoms with Crippen molar-refractivity contribution < 1.29 is 23.5 Å². The van der Waals surface area contributed by atoms with Crippen LogP contribution in [-0.2, 0) is 9.59 Å². The predicted octanol–water partition coefficient (Wildman–Crippen LogP) is 1.76. The molecule has 0 bridgehead atoms. The van der Waals surface area contributed by atoms with Crippen molar-refractivity contribution in [2.75, 3.05) is 13.1 Å². The normalized spacial score (nSPS) is 19.9. The molecule has 3 unspecified atom stereocenters. The number of amides is 2. The van der Waals surface area contributed by atoms with Gasteiger partial charge in [-0.2, -0.15) is 0 Å². The molecule has 3 atom stereocenters. The first-order valence-electron chi connectivity index (χ1n) is 7.96. The van der Waals surface area contributed by atoms with Crippen LogP contribution < -0.4 is 5.32 Å². The number of halogens is 2. The SMILES string of the molecule is CC(=O)NC(CC(=O)N1CCC(C(C)O)C1)c1c(F)cccc1F. The van der Waals surface area contributed by atoms with E-state index in [1.165, 1.54) is 13.0 Å². The Kier molecular flexibility index (Phi) is 5.88. The Hall–Kier alpha value is -2.02. The molecule has 0 aliphatic carbocycles. The van der Waals surface area contributed by atoms with Crippen LogP contribution in [0, 0.1) is 17.6 Å². The van der Waals surface area contributed by atoms with E-state index < -0.39 is 29.7 Å². The van der Waals surface area contributed by atoms with Crippen LogP contribution in [0.4, 0.5) is 8.78 Å². The van der Waals surface area contributed by atoms with E-state index in [0.717, 1.165) is 12.1 Å². The van der Waals surface area contributed by atoms with Crippen molar-refractivity contribution in [3.05, 3.63) is 35.4 Å². The maximum Gasteiger partial charge on any atom is 0.225 e. The molecule has 7 heteroatoms. The lowest BCUT2D eigenvalue weighted by atomic mass is 10.0. The second kappa shape index (κ2) is 7.70. The molecule has 1 heterocycles. The van der Waals surface area contributed by atoms with Gasteiger partial charge in [0.25, 0.3) is 0 Å². The van der Waals surface area contributed by atoms with Crippen molar-refractivity contribution in [1.29, 1.82) is 0 Å². The molecule has 0 aromatic heterocycles. The summed E-state index contributed by atoms with van der Waals surface area (Å²) < 4.78 is 28.0. The third kappa shape index (κ3) is 4.29. The van der Waals surface area contributed by atoms with Gasteiger partial charge in [0.15, 0.2) is 0 Å². The number of benzene rings is 1. The van der Waals surface area contributed by atoms with Crippen molar-refractivity contribution >= 4 is 11.8 Å². The van der Waals surface area contributed by atoms with Gasteiger partial charge in [-0.1, -0.05) is 6.07 Å². The third-order valence-corrected chi connectivity index (χ3v) is 4.36. The summed E-state index contributed by atoms with van der Waals surface area (Å²) in [5, 5.41) is 12.1. The van der Waals surface area contributed by atoms with Gasteiger partial charge >= 0.3 is 0 Å². The fourth-order valence-corrected chi connectivity index (χ4v) is 3.03. The Morgan fingerprint density at radius 2 is 2.00 bits per heavy atom.